The van der Waals surface area contributed by atoms with Gasteiger partial charge < -0.3 is 11.1 Å². The van der Waals surface area contributed by atoms with E-state index in [2.05, 4.69) is 5.32 Å². The second-order valence-electron chi connectivity index (χ2n) is 7.00. The summed E-state index contributed by atoms with van der Waals surface area (Å²) < 4.78 is 0. The van der Waals surface area contributed by atoms with Crippen LogP contribution in [0.1, 0.15) is 52.4 Å². The Hall–Kier alpha value is -0.570. The van der Waals surface area contributed by atoms with Gasteiger partial charge in [-0.1, -0.05) is 13.3 Å². The molecular formula is C15H26N2O. The highest BCUT2D eigenvalue weighted by molar-refractivity contribution is 5.85. The van der Waals surface area contributed by atoms with Gasteiger partial charge in [0, 0.05) is 6.04 Å². The molecule has 0 radical (unpaired) electrons. The van der Waals surface area contributed by atoms with E-state index in [1.165, 1.54) is 32.1 Å². The quantitative estimate of drug-likeness (QED) is 0.805. The van der Waals surface area contributed by atoms with Gasteiger partial charge in [0.05, 0.1) is 5.54 Å². The van der Waals surface area contributed by atoms with Gasteiger partial charge in [0.25, 0.3) is 0 Å². The predicted octanol–water partition coefficient (Wildman–Crippen LogP) is 2.05. The number of carbonyl (C=O) groups is 1. The summed E-state index contributed by atoms with van der Waals surface area (Å²) in [6, 6.07) is 0.413. The summed E-state index contributed by atoms with van der Waals surface area (Å²) in [5.41, 5.74) is 5.33. The number of hydrogen-bond acceptors (Lipinski definition) is 2. The van der Waals surface area contributed by atoms with Crippen molar-refractivity contribution in [2.24, 2.45) is 29.4 Å². The molecule has 18 heavy (non-hydrogen) atoms. The van der Waals surface area contributed by atoms with Crippen molar-refractivity contribution in [2.75, 3.05) is 0 Å². The van der Waals surface area contributed by atoms with Crippen LogP contribution in [0.25, 0.3) is 0 Å². The van der Waals surface area contributed by atoms with E-state index in [0.29, 0.717) is 12.5 Å². The normalized spacial score (nSPS) is 44.7. The van der Waals surface area contributed by atoms with Crippen molar-refractivity contribution in [3.63, 3.8) is 0 Å². The summed E-state index contributed by atoms with van der Waals surface area (Å²) in [5, 5.41) is 3.25. The first-order chi connectivity index (χ1) is 8.53. The molecule has 0 aromatic heterocycles. The van der Waals surface area contributed by atoms with Crippen molar-refractivity contribution >= 4 is 5.91 Å². The molecule has 102 valence electrons. The van der Waals surface area contributed by atoms with Crippen molar-refractivity contribution in [3.8, 4) is 0 Å². The highest BCUT2D eigenvalue weighted by Crippen LogP contribution is 2.58. The largest absolute Gasteiger partial charge is 0.351 e. The molecule has 6 atom stereocenters. The third-order valence-corrected chi connectivity index (χ3v) is 6.00. The van der Waals surface area contributed by atoms with E-state index in [1.807, 2.05) is 13.8 Å². The van der Waals surface area contributed by atoms with E-state index in [-0.39, 0.29) is 5.91 Å². The highest BCUT2D eigenvalue weighted by atomic mass is 16.2. The van der Waals surface area contributed by atoms with Gasteiger partial charge >= 0.3 is 0 Å². The lowest BCUT2D eigenvalue weighted by molar-refractivity contribution is -0.127. The number of carbonyl (C=O) groups excluding carboxylic acids is 1. The monoisotopic (exact) mass is 250 g/mol. The number of rotatable bonds is 3. The van der Waals surface area contributed by atoms with Gasteiger partial charge in [-0.15, -0.1) is 0 Å². The molecule has 0 spiro atoms. The zero-order chi connectivity index (χ0) is 12.9. The van der Waals surface area contributed by atoms with Crippen LogP contribution in [-0.2, 0) is 4.79 Å². The average Bonchev–Trinajstić information content (AvgIpc) is 2.99. The fourth-order valence-corrected chi connectivity index (χ4v) is 4.73. The topological polar surface area (TPSA) is 55.1 Å². The summed E-state index contributed by atoms with van der Waals surface area (Å²) in [6.07, 6.45) is 7.51. The van der Waals surface area contributed by atoms with E-state index >= 15 is 0 Å². The lowest BCUT2D eigenvalue weighted by Crippen LogP contribution is -2.55. The number of amides is 1. The first-order valence-corrected chi connectivity index (χ1v) is 7.62. The molecule has 6 unspecified atom stereocenters. The fourth-order valence-electron chi connectivity index (χ4n) is 4.73. The summed E-state index contributed by atoms with van der Waals surface area (Å²) in [6.45, 7) is 3.82. The Balaban J connectivity index is 1.65. The van der Waals surface area contributed by atoms with Gasteiger partial charge in [0.15, 0.2) is 0 Å². The summed E-state index contributed by atoms with van der Waals surface area (Å²) in [7, 11) is 0. The summed E-state index contributed by atoms with van der Waals surface area (Å²) in [4.78, 5) is 12.2. The van der Waals surface area contributed by atoms with Crippen LogP contribution < -0.4 is 11.1 Å². The maximum atomic E-state index is 12.2. The van der Waals surface area contributed by atoms with E-state index in [1.54, 1.807) is 0 Å². The molecule has 3 heteroatoms. The highest BCUT2D eigenvalue weighted by Gasteiger charge is 2.54. The van der Waals surface area contributed by atoms with Gasteiger partial charge in [-0.3, -0.25) is 4.79 Å². The zero-order valence-electron chi connectivity index (χ0n) is 11.6. The first kappa shape index (κ1) is 12.5. The molecule has 0 aliphatic heterocycles. The lowest BCUT2D eigenvalue weighted by Gasteiger charge is -2.34. The fraction of sp³-hybridized carbons (Fsp3) is 0.933. The molecule has 0 aromatic rings. The van der Waals surface area contributed by atoms with Crippen LogP contribution in [-0.4, -0.2) is 17.5 Å². The average molecular weight is 250 g/mol. The molecule has 3 saturated carbocycles. The predicted molar refractivity (Wildman–Crippen MR) is 71.9 cm³/mol. The van der Waals surface area contributed by atoms with E-state index in [0.717, 1.165) is 23.7 Å². The van der Waals surface area contributed by atoms with Gasteiger partial charge in [-0.2, -0.15) is 0 Å². The number of nitrogens with two attached hydrogens (primary N) is 1. The van der Waals surface area contributed by atoms with E-state index in [9.17, 15) is 4.79 Å². The lowest BCUT2D eigenvalue weighted by atomic mass is 9.79. The molecule has 3 rings (SSSR count). The standard InChI is InChI=1S/C15H26N2O/c1-3-15(2,16)14(18)17-13-8-9-7-12(13)11-6-4-5-10(9)11/h9-13H,3-8,16H2,1-2H3,(H,17,18). The van der Waals surface area contributed by atoms with Crippen molar-refractivity contribution in [1.29, 1.82) is 0 Å². The molecule has 0 saturated heterocycles. The van der Waals surface area contributed by atoms with Crippen LogP contribution in [0.4, 0.5) is 0 Å². The molecule has 0 heterocycles. The van der Waals surface area contributed by atoms with Crippen LogP contribution in [0, 0.1) is 23.7 Å². The Morgan fingerprint density at radius 3 is 2.72 bits per heavy atom. The Morgan fingerprint density at radius 2 is 2.00 bits per heavy atom. The zero-order valence-corrected chi connectivity index (χ0v) is 11.6. The minimum absolute atomic E-state index is 0.0529. The number of nitrogens with one attached hydrogen (secondary N) is 1. The van der Waals surface area contributed by atoms with Gasteiger partial charge in [-0.25, -0.2) is 0 Å². The Labute approximate surface area is 110 Å². The minimum atomic E-state index is -0.698. The van der Waals surface area contributed by atoms with Crippen LogP contribution in [0.2, 0.25) is 0 Å². The SMILES string of the molecule is CCC(C)(N)C(=O)NC1CC2CC1C1CCCC21. The van der Waals surface area contributed by atoms with E-state index < -0.39 is 5.54 Å². The third kappa shape index (κ3) is 1.78. The number of fused-ring (bicyclic) bond motifs is 5. The van der Waals surface area contributed by atoms with Crippen molar-refractivity contribution < 1.29 is 4.79 Å². The maximum absolute atomic E-state index is 12.2. The smallest absolute Gasteiger partial charge is 0.240 e. The Bertz CT molecular complexity index is 352. The summed E-state index contributed by atoms with van der Waals surface area (Å²) in [5.74, 6) is 3.58. The second kappa shape index (κ2) is 4.22. The van der Waals surface area contributed by atoms with Crippen LogP contribution in [0.5, 0.6) is 0 Å². The molecule has 3 N–H and O–H groups in total. The second-order valence-corrected chi connectivity index (χ2v) is 7.00. The molecule has 0 aromatic carbocycles. The molecule has 3 aliphatic rings. The van der Waals surface area contributed by atoms with Crippen molar-refractivity contribution in [2.45, 2.75) is 64.0 Å². The van der Waals surface area contributed by atoms with Gasteiger partial charge in [0.2, 0.25) is 5.91 Å². The van der Waals surface area contributed by atoms with Gasteiger partial charge in [-0.05, 0) is 62.7 Å². The molecule has 3 nitrogen and oxygen atoms in total. The molecule has 3 fully saturated rings. The van der Waals surface area contributed by atoms with Gasteiger partial charge in [0.1, 0.15) is 0 Å². The molecule has 1 amide bonds. The molecule has 2 bridgehead atoms. The Morgan fingerprint density at radius 1 is 1.28 bits per heavy atom. The first-order valence-electron chi connectivity index (χ1n) is 7.62. The number of hydrogen-bond donors (Lipinski definition) is 2. The van der Waals surface area contributed by atoms with E-state index in [4.69, 9.17) is 5.73 Å². The van der Waals surface area contributed by atoms with Crippen LogP contribution in [0.15, 0.2) is 0 Å². The summed E-state index contributed by atoms with van der Waals surface area (Å²) >= 11 is 0. The maximum Gasteiger partial charge on any atom is 0.240 e. The van der Waals surface area contributed by atoms with Crippen molar-refractivity contribution in [1.82, 2.24) is 5.32 Å². The van der Waals surface area contributed by atoms with Crippen molar-refractivity contribution in [3.05, 3.63) is 0 Å². The third-order valence-electron chi connectivity index (χ3n) is 6.00. The van der Waals surface area contributed by atoms with Crippen LogP contribution >= 0.6 is 0 Å². The van der Waals surface area contributed by atoms with Crippen LogP contribution in [0.3, 0.4) is 0 Å². The molecular weight excluding hydrogens is 224 g/mol. The Kier molecular flexibility index (Phi) is 2.92. The molecule has 3 aliphatic carbocycles. The minimum Gasteiger partial charge on any atom is -0.351 e.